The molecule has 2 amide bonds. The van der Waals surface area contributed by atoms with Gasteiger partial charge in [-0.1, -0.05) is 11.3 Å². The highest BCUT2D eigenvalue weighted by Gasteiger charge is 2.31. The second-order valence-corrected chi connectivity index (χ2v) is 7.11. The molecule has 1 N–H and O–H groups in total. The maximum Gasteiger partial charge on any atom is 0.433 e. The van der Waals surface area contributed by atoms with Gasteiger partial charge >= 0.3 is 5.88 Å². The van der Waals surface area contributed by atoms with E-state index in [9.17, 15) is 19.7 Å². The van der Waals surface area contributed by atoms with Gasteiger partial charge in [-0.25, -0.2) is 4.98 Å². The first-order valence-corrected chi connectivity index (χ1v) is 8.66. The van der Waals surface area contributed by atoms with E-state index >= 15 is 0 Å². The molecular formula is C15H14N4O5S. The standard InChI is InChI=1S/C15H14N4O5S/c20-13(8-1-2-8)17-15-16-9-5-6-18(7-11(9)25-15)14(21)10-3-4-12(24-10)19(22)23/h3-4,8H,1-2,5-7H2,(H,16,17,20). The number of nitrogens with one attached hydrogen (secondary N) is 1. The third-order valence-electron chi connectivity index (χ3n) is 4.18. The normalized spacial score (nSPS) is 16.4. The lowest BCUT2D eigenvalue weighted by Gasteiger charge is -2.24. The molecule has 1 saturated carbocycles. The molecule has 0 atom stereocenters. The van der Waals surface area contributed by atoms with Gasteiger partial charge in [0.15, 0.2) is 10.9 Å². The summed E-state index contributed by atoms with van der Waals surface area (Å²) in [6.45, 7) is 0.791. The molecule has 0 aromatic carbocycles. The first-order valence-electron chi connectivity index (χ1n) is 7.84. The number of anilines is 1. The Balaban J connectivity index is 1.46. The summed E-state index contributed by atoms with van der Waals surface area (Å²) in [6.07, 6.45) is 2.42. The number of amides is 2. The van der Waals surface area contributed by atoms with Gasteiger partial charge in [0.1, 0.15) is 4.92 Å². The Bertz CT molecular complexity index is 869. The van der Waals surface area contributed by atoms with Crippen molar-refractivity contribution in [2.45, 2.75) is 25.8 Å². The molecule has 2 aliphatic rings. The lowest BCUT2D eigenvalue weighted by Crippen LogP contribution is -2.35. The van der Waals surface area contributed by atoms with Gasteiger partial charge in [0.25, 0.3) is 5.91 Å². The van der Waals surface area contributed by atoms with E-state index in [1.165, 1.54) is 23.5 Å². The van der Waals surface area contributed by atoms with E-state index < -0.39 is 16.7 Å². The van der Waals surface area contributed by atoms with Crippen LogP contribution < -0.4 is 5.32 Å². The molecule has 4 rings (SSSR count). The number of fused-ring (bicyclic) bond motifs is 1. The first-order chi connectivity index (χ1) is 12.0. The fourth-order valence-corrected chi connectivity index (χ4v) is 3.70. The fraction of sp³-hybridized carbons (Fsp3) is 0.400. The van der Waals surface area contributed by atoms with Crippen LogP contribution in [0.15, 0.2) is 16.5 Å². The van der Waals surface area contributed by atoms with Crippen LogP contribution in [0.4, 0.5) is 11.0 Å². The third-order valence-corrected chi connectivity index (χ3v) is 5.18. The Kier molecular flexibility index (Phi) is 3.75. The van der Waals surface area contributed by atoms with E-state index in [2.05, 4.69) is 10.3 Å². The van der Waals surface area contributed by atoms with Gasteiger partial charge in [0, 0.05) is 23.8 Å². The van der Waals surface area contributed by atoms with Gasteiger partial charge in [0.05, 0.1) is 18.3 Å². The molecule has 9 nitrogen and oxygen atoms in total. The Morgan fingerprint density at radius 3 is 2.88 bits per heavy atom. The molecule has 10 heteroatoms. The highest BCUT2D eigenvalue weighted by Crippen LogP contribution is 2.33. The third kappa shape index (κ3) is 3.12. The number of nitro groups is 1. The van der Waals surface area contributed by atoms with Gasteiger partial charge < -0.3 is 14.6 Å². The maximum atomic E-state index is 12.5. The number of hydrogen-bond acceptors (Lipinski definition) is 7. The van der Waals surface area contributed by atoms with E-state index in [1.807, 2.05) is 0 Å². The molecule has 130 valence electrons. The van der Waals surface area contributed by atoms with Gasteiger partial charge in [-0.2, -0.15) is 0 Å². The van der Waals surface area contributed by atoms with Crippen molar-refractivity contribution in [2.75, 3.05) is 11.9 Å². The van der Waals surface area contributed by atoms with E-state index in [1.54, 1.807) is 4.90 Å². The predicted octanol–water partition coefficient (Wildman–Crippen LogP) is 2.19. The van der Waals surface area contributed by atoms with E-state index in [4.69, 9.17) is 4.42 Å². The van der Waals surface area contributed by atoms with Crippen LogP contribution in [-0.2, 0) is 17.8 Å². The number of rotatable bonds is 4. The Labute approximate surface area is 145 Å². The Morgan fingerprint density at radius 2 is 2.20 bits per heavy atom. The minimum absolute atomic E-state index is 0.00178. The quantitative estimate of drug-likeness (QED) is 0.658. The van der Waals surface area contributed by atoms with Crippen molar-refractivity contribution in [1.29, 1.82) is 0 Å². The molecule has 3 heterocycles. The average Bonchev–Trinajstić information content (AvgIpc) is 3.18. The number of hydrogen-bond donors (Lipinski definition) is 1. The van der Waals surface area contributed by atoms with Crippen molar-refractivity contribution >= 4 is 34.2 Å². The summed E-state index contributed by atoms with van der Waals surface area (Å²) in [7, 11) is 0. The molecule has 2 aromatic heterocycles. The summed E-state index contributed by atoms with van der Waals surface area (Å²) in [5, 5.41) is 14.0. The highest BCUT2D eigenvalue weighted by atomic mass is 32.1. The maximum absolute atomic E-state index is 12.5. The first kappa shape index (κ1) is 15.8. The van der Waals surface area contributed by atoms with Crippen LogP contribution in [0, 0.1) is 16.0 Å². The SMILES string of the molecule is O=C(Nc1nc2c(s1)CN(C(=O)c1ccc([N+](=O)[O-])o1)CC2)C1CC1. The minimum atomic E-state index is -0.677. The van der Waals surface area contributed by atoms with Crippen molar-refractivity contribution in [1.82, 2.24) is 9.88 Å². The smallest absolute Gasteiger partial charge is 0.395 e. The van der Waals surface area contributed by atoms with Crippen molar-refractivity contribution in [3.05, 3.63) is 38.6 Å². The zero-order valence-electron chi connectivity index (χ0n) is 13.1. The van der Waals surface area contributed by atoms with Crippen LogP contribution in [0.3, 0.4) is 0 Å². The van der Waals surface area contributed by atoms with Crippen molar-refractivity contribution in [2.24, 2.45) is 5.92 Å². The van der Waals surface area contributed by atoms with Gasteiger partial charge in [0.2, 0.25) is 5.91 Å². The highest BCUT2D eigenvalue weighted by molar-refractivity contribution is 7.15. The largest absolute Gasteiger partial charge is 0.433 e. The molecule has 0 spiro atoms. The fourth-order valence-electron chi connectivity index (χ4n) is 2.67. The van der Waals surface area contributed by atoms with E-state index in [0.717, 1.165) is 23.4 Å². The van der Waals surface area contributed by atoms with Crippen LogP contribution in [0.5, 0.6) is 0 Å². The minimum Gasteiger partial charge on any atom is -0.395 e. The second kappa shape index (κ2) is 5.96. The van der Waals surface area contributed by atoms with Crippen LogP contribution in [0.2, 0.25) is 0 Å². The van der Waals surface area contributed by atoms with Crippen LogP contribution >= 0.6 is 11.3 Å². The molecule has 0 saturated heterocycles. The summed E-state index contributed by atoms with van der Waals surface area (Å²) in [5.74, 6) is -0.794. The number of aromatic nitrogens is 1. The topological polar surface area (TPSA) is 119 Å². The van der Waals surface area contributed by atoms with Crippen LogP contribution in [0.1, 0.15) is 34.0 Å². The molecule has 1 aliphatic heterocycles. The number of thiazole rings is 1. The summed E-state index contributed by atoms with van der Waals surface area (Å²) in [6, 6.07) is 2.48. The lowest BCUT2D eigenvalue weighted by atomic mass is 10.1. The summed E-state index contributed by atoms with van der Waals surface area (Å²) < 4.78 is 4.98. The van der Waals surface area contributed by atoms with E-state index in [0.29, 0.717) is 24.6 Å². The molecule has 0 bridgehead atoms. The van der Waals surface area contributed by atoms with Gasteiger partial charge in [-0.3, -0.25) is 19.7 Å². The van der Waals surface area contributed by atoms with Crippen LogP contribution in [-0.4, -0.2) is 33.2 Å². The number of nitrogens with zero attached hydrogens (tertiary/aromatic N) is 3. The summed E-state index contributed by atoms with van der Waals surface area (Å²) in [4.78, 5) is 41.2. The molecule has 0 unspecified atom stereocenters. The average molecular weight is 362 g/mol. The molecular weight excluding hydrogens is 348 g/mol. The van der Waals surface area contributed by atoms with Crippen LogP contribution in [0.25, 0.3) is 0 Å². The number of furan rings is 1. The molecule has 25 heavy (non-hydrogen) atoms. The zero-order valence-corrected chi connectivity index (χ0v) is 13.9. The van der Waals surface area contributed by atoms with Crippen molar-refractivity contribution < 1.29 is 18.9 Å². The Hall–Kier alpha value is -2.75. The molecule has 2 aromatic rings. The Morgan fingerprint density at radius 1 is 1.40 bits per heavy atom. The predicted molar refractivity (Wildman–Crippen MR) is 87.3 cm³/mol. The summed E-state index contributed by atoms with van der Waals surface area (Å²) in [5.41, 5.74) is 0.880. The zero-order chi connectivity index (χ0) is 17.6. The number of carbonyl (C=O) groups excluding carboxylic acids is 2. The van der Waals surface area contributed by atoms with E-state index in [-0.39, 0.29) is 17.6 Å². The second-order valence-electron chi connectivity index (χ2n) is 6.02. The van der Waals surface area contributed by atoms with Crippen molar-refractivity contribution in [3.63, 3.8) is 0 Å². The molecule has 0 radical (unpaired) electrons. The van der Waals surface area contributed by atoms with Gasteiger partial charge in [-0.15, -0.1) is 0 Å². The summed E-state index contributed by atoms with van der Waals surface area (Å²) >= 11 is 1.36. The molecule has 1 fully saturated rings. The number of carbonyl (C=O) groups is 2. The van der Waals surface area contributed by atoms with Crippen molar-refractivity contribution in [3.8, 4) is 0 Å². The molecule has 1 aliphatic carbocycles. The van der Waals surface area contributed by atoms with Gasteiger partial charge in [-0.05, 0) is 18.9 Å². The monoisotopic (exact) mass is 362 g/mol. The lowest BCUT2D eigenvalue weighted by molar-refractivity contribution is -0.402.